The average molecular weight is 413 g/mol. The van der Waals surface area contributed by atoms with E-state index < -0.39 is 11.8 Å². The van der Waals surface area contributed by atoms with Gasteiger partial charge in [-0.1, -0.05) is 18.2 Å². The Balaban J connectivity index is 1.47. The van der Waals surface area contributed by atoms with Gasteiger partial charge in [0.25, 0.3) is 5.56 Å². The number of likely N-dealkylation sites (tertiary alicyclic amines) is 1. The van der Waals surface area contributed by atoms with Gasteiger partial charge in [-0.3, -0.25) is 9.59 Å². The standard InChI is InChI=1S/C21H23N3O4S/c1-13-18-17(15-5-3-4-6-16(15)29-18)20(26)24(22-13)14(2)19(25)23-9-7-21(8-10-23)27-11-12-28-21/h3-6,14H,7-12H2,1-2H3/t14-/m1/s1. The van der Waals surface area contributed by atoms with Crippen LogP contribution in [-0.4, -0.2) is 52.7 Å². The molecule has 1 atom stereocenters. The predicted octanol–water partition coefficient (Wildman–Crippen LogP) is 2.85. The number of aryl methyl sites for hydroxylation is 1. The van der Waals surface area contributed by atoms with Crippen molar-refractivity contribution in [1.29, 1.82) is 0 Å². The number of aromatic nitrogens is 2. The molecule has 2 aliphatic heterocycles. The fourth-order valence-corrected chi connectivity index (χ4v) is 5.50. The molecular formula is C21H23N3O4S. The minimum Gasteiger partial charge on any atom is -0.347 e. The first-order valence-corrected chi connectivity index (χ1v) is 10.8. The number of thiophene rings is 1. The molecule has 0 bridgehead atoms. The van der Waals surface area contributed by atoms with Gasteiger partial charge in [-0.05, 0) is 19.9 Å². The van der Waals surface area contributed by atoms with Crippen molar-refractivity contribution < 1.29 is 14.3 Å². The van der Waals surface area contributed by atoms with Crippen LogP contribution < -0.4 is 5.56 Å². The van der Waals surface area contributed by atoms with E-state index in [9.17, 15) is 9.59 Å². The van der Waals surface area contributed by atoms with Crippen molar-refractivity contribution in [3.8, 4) is 0 Å². The molecule has 8 heteroatoms. The van der Waals surface area contributed by atoms with Gasteiger partial charge in [-0.2, -0.15) is 5.10 Å². The Morgan fingerprint density at radius 1 is 1.21 bits per heavy atom. The van der Waals surface area contributed by atoms with E-state index in [4.69, 9.17) is 9.47 Å². The van der Waals surface area contributed by atoms with Crippen LogP contribution in [0.1, 0.15) is 31.5 Å². The Bertz CT molecular complexity index is 1150. The minimum atomic E-state index is -0.663. The van der Waals surface area contributed by atoms with Crippen molar-refractivity contribution in [3.05, 3.63) is 40.3 Å². The zero-order chi connectivity index (χ0) is 20.2. The van der Waals surface area contributed by atoms with E-state index in [1.54, 1.807) is 23.2 Å². The lowest BCUT2D eigenvalue weighted by Gasteiger charge is -2.38. The molecule has 152 valence electrons. The monoisotopic (exact) mass is 413 g/mol. The number of fused-ring (bicyclic) bond motifs is 3. The summed E-state index contributed by atoms with van der Waals surface area (Å²) in [5, 5.41) is 6.08. The van der Waals surface area contributed by atoms with Crippen molar-refractivity contribution in [3.63, 3.8) is 0 Å². The molecule has 4 heterocycles. The second-order valence-electron chi connectivity index (χ2n) is 7.75. The van der Waals surface area contributed by atoms with Gasteiger partial charge in [0.05, 0.1) is 29.0 Å². The molecule has 0 N–H and O–H groups in total. The molecule has 2 aliphatic rings. The lowest BCUT2D eigenvalue weighted by Crippen LogP contribution is -2.49. The lowest BCUT2D eigenvalue weighted by atomic mass is 10.0. The topological polar surface area (TPSA) is 73.7 Å². The number of piperidine rings is 1. The van der Waals surface area contributed by atoms with Gasteiger partial charge in [-0.15, -0.1) is 11.3 Å². The van der Waals surface area contributed by atoms with Crippen LogP contribution in [0.3, 0.4) is 0 Å². The fourth-order valence-electron chi connectivity index (χ4n) is 4.36. The fraction of sp³-hybridized carbons (Fsp3) is 0.476. The van der Waals surface area contributed by atoms with Crippen LogP contribution in [0.4, 0.5) is 0 Å². The first-order chi connectivity index (χ1) is 14.0. The number of nitrogens with zero attached hydrogens (tertiary/aromatic N) is 3. The highest BCUT2D eigenvalue weighted by atomic mass is 32.1. The highest BCUT2D eigenvalue weighted by molar-refractivity contribution is 7.26. The summed E-state index contributed by atoms with van der Waals surface area (Å²) < 4.78 is 14.8. The molecular weight excluding hydrogens is 390 g/mol. The molecule has 5 rings (SSSR count). The Hall–Kier alpha value is -2.29. The third kappa shape index (κ3) is 2.97. The Morgan fingerprint density at radius 2 is 1.90 bits per heavy atom. The summed E-state index contributed by atoms with van der Waals surface area (Å²) in [6.45, 7) is 5.98. The molecule has 3 aromatic rings. The van der Waals surface area contributed by atoms with Gasteiger partial charge < -0.3 is 14.4 Å². The van der Waals surface area contributed by atoms with Gasteiger partial charge in [0.15, 0.2) is 5.79 Å². The second kappa shape index (κ2) is 6.90. The molecule has 0 aliphatic carbocycles. The summed E-state index contributed by atoms with van der Waals surface area (Å²) in [5.74, 6) is -0.619. The molecule has 7 nitrogen and oxygen atoms in total. The lowest BCUT2D eigenvalue weighted by molar-refractivity contribution is -0.188. The van der Waals surface area contributed by atoms with Crippen molar-refractivity contribution in [2.45, 2.75) is 38.5 Å². The number of ether oxygens (including phenoxy) is 2. The molecule has 0 unspecified atom stereocenters. The van der Waals surface area contributed by atoms with Crippen LogP contribution in [-0.2, 0) is 14.3 Å². The second-order valence-corrected chi connectivity index (χ2v) is 8.80. The van der Waals surface area contributed by atoms with E-state index in [0.29, 0.717) is 44.5 Å². The van der Waals surface area contributed by atoms with E-state index in [0.717, 1.165) is 20.5 Å². The van der Waals surface area contributed by atoms with E-state index >= 15 is 0 Å². The zero-order valence-corrected chi connectivity index (χ0v) is 17.3. The molecule has 1 amide bonds. The number of carbonyl (C=O) groups is 1. The molecule has 0 saturated carbocycles. The molecule has 29 heavy (non-hydrogen) atoms. The molecule has 2 aromatic heterocycles. The van der Waals surface area contributed by atoms with Crippen molar-refractivity contribution in [1.82, 2.24) is 14.7 Å². The van der Waals surface area contributed by atoms with E-state index in [1.807, 2.05) is 31.2 Å². The number of carbonyl (C=O) groups excluding carboxylic acids is 1. The Kier molecular flexibility index (Phi) is 4.45. The van der Waals surface area contributed by atoms with Crippen LogP contribution in [0.25, 0.3) is 20.2 Å². The average Bonchev–Trinajstić information content (AvgIpc) is 3.35. The third-order valence-corrected chi connectivity index (χ3v) is 7.26. The van der Waals surface area contributed by atoms with Crippen LogP contribution in [0.2, 0.25) is 0 Å². The number of amides is 1. The van der Waals surface area contributed by atoms with Crippen molar-refractivity contribution >= 4 is 37.4 Å². The van der Waals surface area contributed by atoms with E-state index in [-0.39, 0.29) is 11.5 Å². The van der Waals surface area contributed by atoms with Gasteiger partial charge >= 0.3 is 0 Å². The zero-order valence-electron chi connectivity index (χ0n) is 16.5. The number of hydrogen-bond acceptors (Lipinski definition) is 6. The highest BCUT2D eigenvalue weighted by Crippen LogP contribution is 2.34. The smallest absolute Gasteiger partial charge is 0.276 e. The van der Waals surface area contributed by atoms with Crippen LogP contribution >= 0.6 is 11.3 Å². The maximum absolute atomic E-state index is 13.3. The van der Waals surface area contributed by atoms with Gasteiger partial charge in [0.1, 0.15) is 6.04 Å². The maximum atomic E-state index is 13.3. The minimum absolute atomic E-state index is 0.0919. The quantitative estimate of drug-likeness (QED) is 0.646. The largest absolute Gasteiger partial charge is 0.347 e. The summed E-state index contributed by atoms with van der Waals surface area (Å²) in [5.41, 5.74) is 0.561. The predicted molar refractivity (Wildman–Crippen MR) is 111 cm³/mol. The summed E-state index contributed by atoms with van der Waals surface area (Å²) in [7, 11) is 0. The summed E-state index contributed by atoms with van der Waals surface area (Å²) >= 11 is 1.57. The SMILES string of the molecule is Cc1nn([C@H](C)C(=O)N2CCC3(CC2)OCCO3)c(=O)c2c1sc1ccccc12. The van der Waals surface area contributed by atoms with Crippen LogP contribution in [0.15, 0.2) is 29.1 Å². The maximum Gasteiger partial charge on any atom is 0.276 e. The first kappa shape index (κ1) is 18.7. The highest BCUT2D eigenvalue weighted by Gasteiger charge is 2.41. The van der Waals surface area contributed by atoms with Crippen molar-refractivity contribution in [2.75, 3.05) is 26.3 Å². The van der Waals surface area contributed by atoms with Gasteiger partial charge in [-0.25, -0.2) is 4.68 Å². The van der Waals surface area contributed by atoms with E-state index in [2.05, 4.69) is 5.10 Å². The molecule has 2 saturated heterocycles. The summed E-state index contributed by atoms with van der Waals surface area (Å²) in [6, 6.07) is 7.20. The summed E-state index contributed by atoms with van der Waals surface area (Å²) in [4.78, 5) is 28.2. The molecule has 2 fully saturated rings. The van der Waals surface area contributed by atoms with Crippen molar-refractivity contribution in [2.24, 2.45) is 0 Å². The van der Waals surface area contributed by atoms with Gasteiger partial charge in [0, 0.05) is 36.0 Å². The first-order valence-electron chi connectivity index (χ1n) is 9.96. The van der Waals surface area contributed by atoms with Crippen LogP contribution in [0.5, 0.6) is 0 Å². The Labute approximate surface area is 171 Å². The van der Waals surface area contributed by atoms with Gasteiger partial charge in [0.2, 0.25) is 5.91 Å². The van der Waals surface area contributed by atoms with Crippen LogP contribution in [0, 0.1) is 6.92 Å². The molecule has 1 aromatic carbocycles. The molecule has 0 radical (unpaired) electrons. The summed E-state index contributed by atoms with van der Waals surface area (Å²) in [6.07, 6.45) is 1.31. The third-order valence-electron chi connectivity index (χ3n) is 5.98. The number of benzene rings is 1. The Morgan fingerprint density at radius 3 is 2.62 bits per heavy atom. The number of hydrogen-bond donors (Lipinski definition) is 0. The van der Waals surface area contributed by atoms with E-state index in [1.165, 1.54) is 4.68 Å². The molecule has 1 spiro atoms. The normalized spacial score (nSPS) is 20.0. The number of rotatable bonds is 2.